The Morgan fingerprint density at radius 1 is 1.19 bits per heavy atom. The minimum Gasteiger partial charge on any atom is -0.295 e. The van der Waals surface area contributed by atoms with Crippen LogP contribution in [-0.2, 0) is 4.79 Å². The zero-order valence-corrected chi connectivity index (χ0v) is 12.3. The molecule has 0 unspecified atom stereocenters. The molecule has 3 atom stereocenters. The Morgan fingerprint density at radius 3 is 3.00 bits per heavy atom. The van der Waals surface area contributed by atoms with Crippen molar-refractivity contribution in [3.63, 3.8) is 0 Å². The molecule has 2 aliphatic carbocycles. The van der Waals surface area contributed by atoms with Crippen molar-refractivity contribution < 1.29 is 4.79 Å². The maximum atomic E-state index is 11.7. The third kappa shape index (κ3) is 1.93. The number of hydrogen-bond acceptors (Lipinski definition) is 2. The monoisotopic (exact) mass is 277 g/mol. The van der Waals surface area contributed by atoms with Crippen molar-refractivity contribution in [2.45, 2.75) is 32.1 Å². The van der Waals surface area contributed by atoms with Gasteiger partial charge in [0.05, 0.1) is 0 Å². The zero-order chi connectivity index (χ0) is 14.4. The molecule has 21 heavy (non-hydrogen) atoms. The molecule has 2 nitrogen and oxygen atoms in total. The van der Waals surface area contributed by atoms with Gasteiger partial charge >= 0.3 is 0 Å². The van der Waals surface area contributed by atoms with E-state index in [9.17, 15) is 4.79 Å². The van der Waals surface area contributed by atoms with Crippen LogP contribution in [0.5, 0.6) is 0 Å². The molecule has 1 fully saturated rings. The van der Waals surface area contributed by atoms with Gasteiger partial charge in [0, 0.05) is 24.2 Å². The Bertz CT molecular complexity index is 748. The second-order valence-corrected chi connectivity index (χ2v) is 6.68. The summed E-state index contributed by atoms with van der Waals surface area (Å²) < 4.78 is 0. The summed E-state index contributed by atoms with van der Waals surface area (Å²) in [6.45, 7) is 2.33. The van der Waals surface area contributed by atoms with Crippen LogP contribution in [0.3, 0.4) is 0 Å². The van der Waals surface area contributed by atoms with Crippen LogP contribution < -0.4 is 0 Å². The number of carbonyl (C=O) groups excluding carboxylic acids is 1. The fourth-order valence-electron chi connectivity index (χ4n) is 4.28. The normalized spacial score (nSPS) is 31.6. The summed E-state index contributed by atoms with van der Waals surface area (Å²) in [6.07, 6.45) is 10.8. The maximum absolute atomic E-state index is 11.7. The highest BCUT2D eigenvalue weighted by Crippen LogP contribution is 2.56. The van der Waals surface area contributed by atoms with E-state index < -0.39 is 0 Å². The van der Waals surface area contributed by atoms with E-state index in [1.54, 1.807) is 6.08 Å². The van der Waals surface area contributed by atoms with Crippen LogP contribution in [0.15, 0.2) is 48.8 Å². The molecule has 0 radical (unpaired) electrons. The molecular weight excluding hydrogens is 258 g/mol. The summed E-state index contributed by atoms with van der Waals surface area (Å²) in [5.41, 5.74) is 1.52. The van der Waals surface area contributed by atoms with E-state index in [1.807, 2.05) is 12.4 Å². The SMILES string of the molecule is C[C@]12C=CC(=O)C[C@@H]1CC[C@@H]2c1ccc2ccncc2c1. The van der Waals surface area contributed by atoms with Crippen LogP contribution in [0, 0.1) is 11.3 Å². The van der Waals surface area contributed by atoms with Gasteiger partial charge in [-0.2, -0.15) is 0 Å². The highest BCUT2D eigenvalue weighted by molar-refractivity contribution is 5.91. The molecule has 2 aromatic rings. The van der Waals surface area contributed by atoms with E-state index >= 15 is 0 Å². The fourth-order valence-corrected chi connectivity index (χ4v) is 4.28. The van der Waals surface area contributed by atoms with Gasteiger partial charge in [0.1, 0.15) is 0 Å². The number of aromatic nitrogens is 1. The standard InChI is InChI=1S/C19H19NO/c1-19-8-6-17(21)11-16(19)4-5-18(19)14-3-2-13-7-9-20-12-15(13)10-14/h2-3,6-10,12,16,18H,4-5,11H2,1H3/t16-,18+,19-/m0/s1. The fraction of sp³-hybridized carbons (Fsp3) is 0.368. The molecule has 1 aromatic heterocycles. The predicted molar refractivity (Wildman–Crippen MR) is 84.1 cm³/mol. The second kappa shape index (κ2) is 4.52. The molecule has 0 spiro atoms. The van der Waals surface area contributed by atoms with Gasteiger partial charge in [0.15, 0.2) is 5.78 Å². The van der Waals surface area contributed by atoms with Gasteiger partial charge < -0.3 is 0 Å². The minimum absolute atomic E-state index is 0.129. The van der Waals surface area contributed by atoms with E-state index in [4.69, 9.17) is 0 Å². The molecule has 0 saturated heterocycles. The molecule has 1 aromatic carbocycles. The van der Waals surface area contributed by atoms with Crippen LogP contribution in [-0.4, -0.2) is 10.8 Å². The smallest absolute Gasteiger partial charge is 0.155 e. The van der Waals surface area contributed by atoms with Crippen molar-refractivity contribution in [1.29, 1.82) is 0 Å². The Hall–Kier alpha value is -1.96. The molecule has 0 amide bonds. The Morgan fingerprint density at radius 2 is 2.10 bits per heavy atom. The second-order valence-electron chi connectivity index (χ2n) is 6.68. The van der Waals surface area contributed by atoms with E-state index in [2.05, 4.69) is 42.2 Å². The lowest BCUT2D eigenvalue weighted by molar-refractivity contribution is -0.116. The lowest BCUT2D eigenvalue weighted by Crippen LogP contribution is -2.30. The van der Waals surface area contributed by atoms with E-state index in [1.165, 1.54) is 22.8 Å². The lowest BCUT2D eigenvalue weighted by atomic mass is 9.67. The highest BCUT2D eigenvalue weighted by Gasteiger charge is 2.47. The molecule has 1 heterocycles. The first-order valence-electron chi connectivity index (χ1n) is 7.72. The van der Waals surface area contributed by atoms with Crippen LogP contribution in [0.4, 0.5) is 0 Å². The van der Waals surface area contributed by atoms with Crippen LogP contribution >= 0.6 is 0 Å². The van der Waals surface area contributed by atoms with Crippen LogP contribution in [0.2, 0.25) is 0 Å². The van der Waals surface area contributed by atoms with Crippen molar-refractivity contribution in [2.24, 2.45) is 11.3 Å². The van der Waals surface area contributed by atoms with E-state index in [-0.39, 0.29) is 5.41 Å². The van der Waals surface area contributed by atoms with Crippen molar-refractivity contribution >= 4 is 16.6 Å². The van der Waals surface area contributed by atoms with Crippen molar-refractivity contribution in [3.8, 4) is 0 Å². The molecule has 0 bridgehead atoms. The first kappa shape index (κ1) is 12.8. The molecular formula is C19H19NO. The number of pyridine rings is 1. The van der Waals surface area contributed by atoms with E-state index in [0.717, 1.165) is 12.8 Å². The lowest BCUT2D eigenvalue weighted by Gasteiger charge is -2.36. The summed E-state index contributed by atoms with van der Waals surface area (Å²) in [5, 5.41) is 2.45. The summed E-state index contributed by atoms with van der Waals surface area (Å²) in [4.78, 5) is 15.9. The number of hydrogen-bond donors (Lipinski definition) is 0. The van der Waals surface area contributed by atoms with Crippen LogP contribution in [0.25, 0.3) is 10.8 Å². The number of carbonyl (C=O) groups is 1. The topological polar surface area (TPSA) is 30.0 Å². The highest BCUT2D eigenvalue weighted by atomic mass is 16.1. The molecule has 4 rings (SSSR count). The Balaban J connectivity index is 1.78. The first-order chi connectivity index (χ1) is 10.2. The number of rotatable bonds is 1. The summed E-state index contributed by atoms with van der Waals surface area (Å²) in [6, 6.07) is 8.79. The quantitative estimate of drug-likeness (QED) is 0.779. The van der Waals surface area contributed by atoms with Gasteiger partial charge in [-0.3, -0.25) is 9.78 Å². The average molecular weight is 277 g/mol. The number of allylic oxidation sites excluding steroid dienone is 2. The minimum atomic E-state index is 0.129. The average Bonchev–Trinajstić information content (AvgIpc) is 2.84. The zero-order valence-electron chi connectivity index (χ0n) is 12.3. The maximum Gasteiger partial charge on any atom is 0.155 e. The van der Waals surface area contributed by atoms with Gasteiger partial charge in [0.2, 0.25) is 0 Å². The molecule has 2 heteroatoms. The third-order valence-corrected chi connectivity index (χ3v) is 5.58. The van der Waals surface area contributed by atoms with Crippen molar-refractivity contribution in [3.05, 3.63) is 54.4 Å². The third-order valence-electron chi connectivity index (χ3n) is 5.58. The van der Waals surface area contributed by atoms with E-state index in [0.29, 0.717) is 17.6 Å². The van der Waals surface area contributed by atoms with Gasteiger partial charge in [-0.25, -0.2) is 0 Å². The molecule has 106 valence electrons. The van der Waals surface area contributed by atoms with Gasteiger partial charge in [-0.15, -0.1) is 0 Å². The van der Waals surface area contributed by atoms with Crippen molar-refractivity contribution in [1.82, 2.24) is 4.98 Å². The molecule has 0 N–H and O–H groups in total. The van der Waals surface area contributed by atoms with Gasteiger partial charge in [-0.05, 0) is 59.3 Å². The molecule has 0 aliphatic heterocycles. The number of fused-ring (bicyclic) bond motifs is 2. The number of ketones is 1. The predicted octanol–water partition coefficient (Wildman–Crippen LogP) is 4.26. The largest absolute Gasteiger partial charge is 0.295 e. The Kier molecular flexibility index (Phi) is 2.75. The van der Waals surface area contributed by atoms with Crippen molar-refractivity contribution in [2.75, 3.05) is 0 Å². The number of benzene rings is 1. The van der Waals surface area contributed by atoms with Gasteiger partial charge in [-0.1, -0.05) is 25.1 Å². The molecule has 1 saturated carbocycles. The number of nitrogens with zero attached hydrogens (tertiary/aromatic N) is 1. The van der Waals surface area contributed by atoms with Gasteiger partial charge in [0.25, 0.3) is 0 Å². The summed E-state index contributed by atoms with van der Waals surface area (Å²) in [5.74, 6) is 1.31. The molecule has 2 aliphatic rings. The van der Waals surface area contributed by atoms with Crippen LogP contribution in [0.1, 0.15) is 37.7 Å². The summed E-state index contributed by atoms with van der Waals surface area (Å²) >= 11 is 0. The summed E-state index contributed by atoms with van der Waals surface area (Å²) in [7, 11) is 0. The Labute approximate surface area is 124 Å². The first-order valence-corrected chi connectivity index (χ1v) is 7.72.